The van der Waals surface area contributed by atoms with Crippen LogP contribution in [0.2, 0.25) is 0 Å². The molecule has 4 nitrogen and oxygen atoms in total. The molecule has 1 aliphatic heterocycles. The second kappa shape index (κ2) is 6.95. The molecular weight excluding hydrogens is 302 g/mol. The van der Waals surface area contributed by atoms with Crippen molar-refractivity contribution in [2.45, 2.75) is 39.7 Å². The SMILES string of the molecule is Cc1ccc([C@H](C)NC(=O)CCc2ccc3c(c2)OCO3)c(C)c1. The summed E-state index contributed by atoms with van der Waals surface area (Å²) in [5.74, 6) is 1.59. The minimum Gasteiger partial charge on any atom is -0.454 e. The summed E-state index contributed by atoms with van der Waals surface area (Å²) in [7, 11) is 0. The highest BCUT2D eigenvalue weighted by Gasteiger charge is 2.15. The molecule has 1 atom stereocenters. The smallest absolute Gasteiger partial charge is 0.231 e. The van der Waals surface area contributed by atoms with Crippen LogP contribution in [0.3, 0.4) is 0 Å². The minimum atomic E-state index is 0.00912. The lowest BCUT2D eigenvalue weighted by Crippen LogP contribution is -2.27. The molecule has 0 aromatic heterocycles. The van der Waals surface area contributed by atoms with Crippen LogP contribution in [-0.4, -0.2) is 12.7 Å². The van der Waals surface area contributed by atoms with Gasteiger partial charge in [0.25, 0.3) is 0 Å². The predicted octanol–water partition coefficient (Wildman–Crippen LogP) is 3.84. The monoisotopic (exact) mass is 325 g/mol. The van der Waals surface area contributed by atoms with Gasteiger partial charge in [0.2, 0.25) is 12.7 Å². The van der Waals surface area contributed by atoms with Crippen molar-refractivity contribution >= 4 is 5.91 Å². The van der Waals surface area contributed by atoms with Gasteiger partial charge in [0.15, 0.2) is 11.5 Å². The van der Waals surface area contributed by atoms with Gasteiger partial charge in [-0.05, 0) is 56.0 Å². The van der Waals surface area contributed by atoms with Crippen molar-refractivity contribution in [2.75, 3.05) is 6.79 Å². The molecule has 0 radical (unpaired) electrons. The Balaban J connectivity index is 1.55. The summed E-state index contributed by atoms with van der Waals surface area (Å²) in [5.41, 5.74) is 4.68. The first kappa shape index (κ1) is 16.4. The Morgan fingerprint density at radius 3 is 2.71 bits per heavy atom. The summed E-state index contributed by atoms with van der Waals surface area (Å²) in [5, 5.41) is 3.08. The summed E-state index contributed by atoms with van der Waals surface area (Å²) in [4.78, 5) is 12.2. The van der Waals surface area contributed by atoms with Crippen LogP contribution in [0.5, 0.6) is 11.5 Å². The molecule has 0 spiro atoms. The van der Waals surface area contributed by atoms with E-state index in [0.717, 1.165) is 22.6 Å². The third kappa shape index (κ3) is 3.70. The highest BCUT2D eigenvalue weighted by atomic mass is 16.7. The first-order chi connectivity index (χ1) is 11.5. The first-order valence-electron chi connectivity index (χ1n) is 8.28. The molecule has 1 N–H and O–H groups in total. The Bertz CT molecular complexity index is 755. The maximum atomic E-state index is 12.2. The van der Waals surface area contributed by atoms with Crippen LogP contribution in [0, 0.1) is 13.8 Å². The third-order valence-corrected chi connectivity index (χ3v) is 4.35. The summed E-state index contributed by atoms with van der Waals surface area (Å²) in [6.45, 7) is 6.45. The first-order valence-corrected chi connectivity index (χ1v) is 8.28. The number of carbonyl (C=O) groups is 1. The zero-order chi connectivity index (χ0) is 17.1. The third-order valence-electron chi connectivity index (χ3n) is 4.35. The van der Waals surface area contributed by atoms with Gasteiger partial charge in [0.1, 0.15) is 0 Å². The van der Waals surface area contributed by atoms with E-state index in [1.165, 1.54) is 11.1 Å². The van der Waals surface area contributed by atoms with Crippen molar-refractivity contribution in [3.05, 3.63) is 58.7 Å². The van der Waals surface area contributed by atoms with Crippen molar-refractivity contribution in [2.24, 2.45) is 0 Å². The molecule has 1 heterocycles. The molecule has 1 aliphatic rings. The Morgan fingerprint density at radius 1 is 1.12 bits per heavy atom. The van der Waals surface area contributed by atoms with Gasteiger partial charge in [-0.2, -0.15) is 0 Å². The topological polar surface area (TPSA) is 47.6 Å². The number of nitrogens with one attached hydrogen (secondary N) is 1. The summed E-state index contributed by atoms with van der Waals surface area (Å²) >= 11 is 0. The molecule has 2 aromatic carbocycles. The maximum absolute atomic E-state index is 12.2. The molecule has 0 bridgehead atoms. The van der Waals surface area contributed by atoms with E-state index in [-0.39, 0.29) is 18.7 Å². The summed E-state index contributed by atoms with van der Waals surface area (Å²) in [6, 6.07) is 12.1. The molecule has 24 heavy (non-hydrogen) atoms. The lowest BCUT2D eigenvalue weighted by molar-refractivity contribution is -0.121. The van der Waals surface area contributed by atoms with E-state index in [9.17, 15) is 4.79 Å². The molecule has 0 saturated carbocycles. The maximum Gasteiger partial charge on any atom is 0.231 e. The Hall–Kier alpha value is -2.49. The number of rotatable bonds is 5. The van der Waals surface area contributed by atoms with E-state index in [1.54, 1.807) is 0 Å². The number of hydrogen-bond acceptors (Lipinski definition) is 3. The number of fused-ring (bicyclic) bond motifs is 1. The average Bonchev–Trinajstić information content (AvgIpc) is 3.00. The number of hydrogen-bond donors (Lipinski definition) is 1. The Kier molecular flexibility index (Phi) is 4.74. The molecule has 0 unspecified atom stereocenters. The van der Waals surface area contributed by atoms with E-state index in [4.69, 9.17) is 9.47 Å². The standard InChI is InChI=1S/C20H23NO3/c1-13-4-7-17(14(2)10-13)15(3)21-20(22)9-6-16-5-8-18-19(11-16)24-12-23-18/h4-5,7-8,10-11,15H,6,9,12H2,1-3H3,(H,21,22)/t15-/m0/s1. The quantitative estimate of drug-likeness (QED) is 0.908. The van der Waals surface area contributed by atoms with Crippen molar-refractivity contribution in [3.8, 4) is 11.5 Å². The number of benzene rings is 2. The van der Waals surface area contributed by atoms with Gasteiger partial charge < -0.3 is 14.8 Å². The van der Waals surface area contributed by atoms with Crippen molar-refractivity contribution in [1.29, 1.82) is 0 Å². The molecule has 1 amide bonds. The largest absolute Gasteiger partial charge is 0.454 e. The Labute approximate surface area is 142 Å². The van der Waals surface area contributed by atoms with Gasteiger partial charge in [-0.15, -0.1) is 0 Å². The van der Waals surface area contributed by atoms with E-state index >= 15 is 0 Å². The molecular formula is C20H23NO3. The highest BCUT2D eigenvalue weighted by Crippen LogP contribution is 2.32. The molecule has 126 valence electrons. The van der Waals surface area contributed by atoms with Crippen LogP contribution < -0.4 is 14.8 Å². The van der Waals surface area contributed by atoms with E-state index in [1.807, 2.05) is 25.1 Å². The zero-order valence-electron chi connectivity index (χ0n) is 14.4. The van der Waals surface area contributed by atoms with Crippen LogP contribution in [0.1, 0.15) is 41.6 Å². The van der Waals surface area contributed by atoms with Crippen LogP contribution in [-0.2, 0) is 11.2 Å². The fourth-order valence-electron chi connectivity index (χ4n) is 3.06. The highest BCUT2D eigenvalue weighted by molar-refractivity contribution is 5.76. The lowest BCUT2D eigenvalue weighted by atomic mass is 10.00. The van der Waals surface area contributed by atoms with Gasteiger partial charge in [-0.3, -0.25) is 4.79 Å². The van der Waals surface area contributed by atoms with Crippen molar-refractivity contribution in [1.82, 2.24) is 5.32 Å². The minimum absolute atomic E-state index is 0.00912. The fraction of sp³-hybridized carbons (Fsp3) is 0.350. The van der Waals surface area contributed by atoms with Crippen molar-refractivity contribution < 1.29 is 14.3 Å². The number of carbonyl (C=O) groups excluding carboxylic acids is 1. The second-order valence-corrected chi connectivity index (χ2v) is 6.34. The van der Waals surface area contributed by atoms with E-state index in [0.29, 0.717) is 12.8 Å². The zero-order valence-corrected chi connectivity index (χ0v) is 14.4. The van der Waals surface area contributed by atoms with Gasteiger partial charge >= 0.3 is 0 Å². The van der Waals surface area contributed by atoms with Crippen LogP contribution in [0.4, 0.5) is 0 Å². The van der Waals surface area contributed by atoms with Crippen LogP contribution in [0.25, 0.3) is 0 Å². The Morgan fingerprint density at radius 2 is 1.92 bits per heavy atom. The molecule has 0 saturated heterocycles. The van der Waals surface area contributed by atoms with Crippen molar-refractivity contribution in [3.63, 3.8) is 0 Å². The van der Waals surface area contributed by atoms with Gasteiger partial charge in [-0.25, -0.2) is 0 Å². The van der Waals surface area contributed by atoms with Crippen LogP contribution in [0.15, 0.2) is 36.4 Å². The lowest BCUT2D eigenvalue weighted by Gasteiger charge is -2.17. The predicted molar refractivity (Wildman–Crippen MR) is 93.4 cm³/mol. The van der Waals surface area contributed by atoms with Gasteiger partial charge in [0.05, 0.1) is 6.04 Å². The van der Waals surface area contributed by atoms with Gasteiger partial charge in [0, 0.05) is 6.42 Å². The van der Waals surface area contributed by atoms with Crippen LogP contribution >= 0.6 is 0 Å². The number of ether oxygens (including phenoxy) is 2. The van der Waals surface area contributed by atoms with Gasteiger partial charge in [-0.1, -0.05) is 29.8 Å². The second-order valence-electron chi connectivity index (χ2n) is 6.34. The average molecular weight is 325 g/mol. The molecule has 0 aliphatic carbocycles. The van der Waals surface area contributed by atoms with E-state index in [2.05, 4.69) is 37.4 Å². The molecule has 2 aromatic rings. The van der Waals surface area contributed by atoms with E-state index < -0.39 is 0 Å². The summed E-state index contributed by atoms with van der Waals surface area (Å²) in [6.07, 6.45) is 1.14. The number of amides is 1. The molecule has 0 fully saturated rings. The normalized spacial score (nSPS) is 13.6. The number of aryl methyl sites for hydroxylation is 3. The fourth-order valence-corrected chi connectivity index (χ4v) is 3.06. The molecule has 4 heteroatoms. The summed E-state index contributed by atoms with van der Waals surface area (Å²) < 4.78 is 10.7. The molecule has 3 rings (SSSR count).